The summed E-state index contributed by atoms with van der Waals surface area (Å²) in [5.74, 6) is 0.894. The fourth-order valence-corrected chi connectivity index (χ4v) is 2.96. The van der Waals surface area contributed by atoms with E-state index in [2.05, 4.69) is 46.4 Å². The number of hydrogen-bond donors (Lipinski definition) is 1. The molecule has 2 aromatic rings. The Morgan fingerprint density at radius 2 is 2.11 bits per heavy atom. The van der Waals surface area contributed by atoms with E-state index in [0.717, 1.165) is 15.2 Å². The van der Waals surface area contributed by atoms with Crippen LogP contribution >= 0.6 is 23.1 Å². The van der Waals surface area contributed by atoms with Crippen LogP contribution in [0.5, 0.6) is 0 Å². The number of hydrogen-bond acceptors (Lipinski definition) is 5. The molecule has 0 atom stereocenters. The molecule has 0 aliphatic heterocycles. The van der Waals surface area contributed by atoms with Gasteiger partial charge >= 0.3 is 0 Å². The van der Waals surface area contributed by atoms with Crippen molar-refractivity contribution in [2.75, 3.05) is 17.6 Å². The highest BCUT2D eigenvalue weighted by Gasteiger charge is 2.02. The Balaban J connectivity index is 1.78. The Morgan fingerprint density at radius 3 is 2.89 bits per heavy atom. The van der Waals surface area contributed by atoms with Gasteiger partial charge in [0.05, 0.1) is 0 Å². The van der Waals surface area contributed by atoms with E-state index in [9.17, 15) is 0 Å². The van der Waals surface area contributed by atoms with Gasteiger partial charge in [-0.1, -0.05) is 71.7 Å². The monoisotopic (exact) mass is 289 g/mol. The van der Waals surface area contributed by atoms with Gasteiger partial charge in [0, 0.05) is 12.3 Å². The van der Waals surface area contributed by atoms with Crippen molar-refractivity contribution in [2.24, 2.45) is 0 Å². The van der Waals surface area contributed by atoms with E-state index in [4.69, 9.17) is 0 Å². The van der Waals surface area contributed by atoms with Gasteiger partial charge in [-0.25, -0.2) is 0 Å². The van der Waals surface area contributed by atoms with Crippen LogP contribution in [0.2, 0.25) is 0 Å². The Labute approximate surface area is 121 Å². The Bertz CT molecular complexity index is 535. The molecule has 1 N–H and O–H groups in total. The van der Waals surface area contributed by atoms with Crippen LogP contribution in [0.25, 0.3) is 6.08 Å². The minimum atomic E-state index is 0.715. The fourth-order valence-electron chi connectivity index (χ4n) is 1.37. The van der Waals surface area contributed by atoms with Gasteiger partial charge in [-0.05, 0) is 5.56 Å². The quantitative estimate of drug-likeness (QED) is 0.619. The summed E-state index contributed by atoms with van der Waals surface area (Å²) in [5, 5.41) is 12.1. The lowest BCUT2D eigenvalue weighted by atomic mass is 10.2. The van der Waals surface area contributed by atoms with Crippen molar-refractivity contribution in [1.29, 1.82) is 0 Å². The summed E-state index contributed by atoms with van der Waals surface area (Å²) in [7, 11) is 0. The Kier molecular flexibility index (Phi) is 5.65. The summed E-state index contributed by atoms with van der Waals surface area (Å²) in [6.45, 7) is 4.37. The number of rotatable bonds is 7. The van der Waals surface area contributed by atoms with Gasteiger partial charge in [-0.3, -0.25) is 0 Å². The van der Waals surface area contributed by atoms with Crippen molar-refractivity contribution >= 4 is 34.3 Å². The van der Waals surface area contributed by atoms with E-state index in [1.807, 2.05) is 18.2 Å². The number of anilines is 1. The van der Waals surface area contributed by atoms with E-state index in [1.165, 1.54) is 5.56 Å². The maximum atomic E-state index is 4.11. The average molecular weight is 289 g/mol. The third-order valence-electron chi connectivity index (χ3n) is 2.22. The standard InChI is InChI=1S/C14H15N3S2/c1-2-10-15-13-16-17-14(19-13)18-11-6-9-12-7-4-3-5-8-12/h2-9H,1,10-11H2,(H,15,16)/b9-6+. The maximum absolute atomic E-state index is 4.11. The molecule has 0 spiro atoms. The molecule has 0 aliphatic carbocycles. The van der Waals surface area contributed by atoms with Gasteiger partial charge in [0.15, 0.2) is 4.34 Å². The Hall–Kier alpha value is -1.59. The Morgan fingerprint density at radius 1 is 1.26 bits per heavy atom. The zero-order chi connectivity index (χ0) is 13.3. The number of nitrogens with one attached hydrogen (secondary N) is 1. The molecule has 0 fully saturated rings. The summed E-state index contributed by atoms with van der Waals surface area (Å²) in [6.07, 6.45) is 6.06. The molecule has 1 aromatic heterocycles. The number of thioether (sulfide) groups is 1. The second kappa shape index (κ2) is 7.76. The first kappa shape index (κ1) is 13.8. The molecule has 0 saturated carbocycles. The summed E-state index contributed by atoms with van der Waals surface area (Å²) in [6, 6.07) is 10.3. The third kappa shape index (κ3) is 4.89. The largest absolute Gasteiger partial charge is 0.357 e. The molecule has 1 heterocycles. The predicted octanol–water partition coefficient (Wildman–Crippen LogP) is 3.94. The number of benzene rings is 1. The van der Waals surface area contributed by atoms with Crippen molar-refractivity contribution < 1.29 is 0 Å². The van der Waals surface area contributed by atoms with Crippen LogP contribution in [0.15, 0.2) is 53.4 Å². The average Bonchev–Trinajstić information content (AvgIpc) is 2.90. The molecule has 0 amide bonds. The topological polar surface area (TPSA) is 37.8 Å². The van der Waals surface area contributed by atoms with Crippen LogP contribution in [0.3, 0.4) is 0 Å². The fraction of sp³-hybridized carbons (Fsp3) is 0.143. The van der Waals surface area contributed by atoms with E-state index < -0.39 is 0 Å². The first-order valence-electron chi connectivity index (χ1n) is 5.91. The predicted molar refractivity (Wildman–Crippen MR) is 84.8 cm³/mol. The third-order valence-corrected chi connectivity index (χ3v) is 4.18. The highest BCUT2D eigenvalue weighted by atomic mass is 32.2. The highest BCUT2D eigenvalue weighted by molar-refractivity contribution is 8.01. The SMILES string of the molecule is C=CCNc1nnc(SC/C=C/c2ccccc2)s1. The molecule has 1 aromatic carbocycles. The second-order valence-corrected chi connectivity index (χ2v) is 5.91. The zero-order valence-electron chi connectivity index (χ0n) is 10.5. The van der Waals surface area contributed by atoms with Gasteiger partial charge in [-0.2, -0.15) is 0 Å². The van der Waals surface area contributed by atoms with E-state index in [0.29, 0.717) is 6.54 Å². The minimum Gasteiger partial charge on any atom is -0.357 e. The lowest BCUT2D eigenvalue weighted by molar-refractivity contribution is 1.01. The molecule has 0 radical (unpaired) electrons. The van der Waals surface area contributed by atoms with E-state index in [1.54, 1.807) is 29.2 Å². The number of aromatic nitrogens is 2. The van der Waals surface area contributed by atoms with Gasteiger partial charge in [0.1, 0.15) is 0 Å². The van der Waals surface area contributed by atoms with Gasteiger partial charge < -0.3 is 5.32 Å². The first-order chi connectivity index (χ1) is 9.38. The maximum Gasteiger partial charge on any atom is 0.206 e. The van der Waals surface area contributed by atoms with Crippen molar-refractivity contribution in [2.45, 2.75) is 4.34 Å². The highest BCUT2D eigenvalue weighted by Crippen LogP contribution is 2.25. The van der Waals surface area contributed by atoms with Crippen LogP contribution < -0.4 is 5.32 Å². The second-order valence-electron chi connectivity index (χ2n) is 3.67. The van der Waals surface area contributed by atoms with Crippen molar-refractivity contribution in [1.82, 2.24) is 10.2 Å². The van der Waals surface area contributed by atoms with Crippen LogP contribution in [-0.2, 0) is 0 Å². The molecule has 98 valence electrons. The van der Waals surface area contributed by atoms with Crippen molar-refractivity contribution in [3.63, 3.8) is 0 Å². The van der Waals surface area contributed by atoms with Gasteiger partial charge in [0.25, 0.3) is 0 Å². The van der Waals surface area contributed by atoms with Crippen LogP contribution in [-0.4, -0.2) is 22.5 Å². The van der Waals surface area contributed by atoms with E-state index in [-0.39, 0.29) is 0 Å². The van der Waals surface area contributed by atoms with E-state index >= 15 is 0 Å². The van der Waals surface area contributed by atoms with Crippen molar-refractivity contribution in [3.05, 3.63) is 54.6 Å². The van der Waals surface area contributed by atoms with Crippen LogP contribution in [0.1, 0.15) is 5.56 Å². The first-order valence-corrected chi connectivity index (χ1v) is 7.71. The molecule has 3 nitrogen and oxygen atoms in total. The summed E-state index contributed by atoms with van der Waals surface area (Å²) >= 11 is 3.25. The minimum absolute atomic E-state index is 0.715. The summed E-state index contributed by atoms with van der Waals surface area (Å²) < 4.78 is 0.976. The molecule has 0 saturated heterocycles. The molecule has 0 aliphatic rings. The summed E-state index contributed by atoms with van der Waals surface area (Å²) in [5.41, 5.74) is 1.22. The van der Waals surface area contributed by atoms with Gasteiger partial charge in [0.2, 0.25) is 5.13 Å². The molecular formula is C14H15N3S2. The summed E-state index contributed by atoms with van der Waals surface area (Å²) in [4.78, 5) is 0. The molecular weight excluding hydrogens is 274 g/mol. The molecule has 19 heavy (non-hydrogen) atoms. The normalized spacial score (nSPS) is 10.7. The zero-order valence-corrected chi connectivity index (χ0v) is 12.1. The molecule has 2 rings (SSSR count). The van der Waals surface area contributed by atoms with Crippen LogP contribution in [0.4, 0.5) is 5.13 Å². The number of nitrogens with zero attached hydrogens (tertiary/aromatic N) is 2. The molecule has 0 bridgehead atoms. The van der Waals surface area contributed by atoms with Crippen molar-refractivity contribution in [3.8, 4) is 0 Å². The smallest absolute Gasteiger partial charge is 0.206 e. The molecule has 0 unspecified atom stereocenters. The lowest BCUT2D eigenvalue weighted by Gasteiger charge is -1.93. The molecule has 5 heteroatoms. The van der Waals surface area contributed by atoms with Crippen LogP contribution in [0, 0.1) is 0 Å². The lowest BCUT2D eigenvalue weighted by Crippen LogP contribution is -1.96. The van der Waals surface area contributed by atoms with Gasteiger partial charge in [-0.15, -0.1) is 16.8 Å².